The number of rotatable bonds is 5. The van der Waals surface area contributed by atoms with Crippen molar-refractivity contribution in [3.05, 3.63) is 59.7 Å². The molecule has 6 nitrogen and oxygen atoms in total. The number of carbonyl (C=O) groups excluding carboxylic acids is 2. The zero-order valence-corrected chi connectivity index (χ0v) is 22.4. The van der Waals surface area contributed by atoms with Crippen molar-refractivity contribution >= 4 is 17.7 Å². The Bertz CT molecular complexity index is 965. The zero-order chi connectivity index (χ0) is 26.1. The minimum Gasteiger partial charge on any atom is -0.456 e. The molecule has 1 atom stereocenters. The number of esters is 1. The van der Waals surface area contributed by atoms with Crippen LogP contribution >= 0.6 is 0 Å². The number of amides is 1. The summed E-state index contributed by atoms with van der Waals surface area (Å²) in [6, 6.07) is 14.5. The first kappa shape index (κ1) is 28.4. The first-order valence-corrected chi connectivity index (χ1v) is 12.7. The summed E-state index contributed by atoms with van der Waals surface area (Å²) in [6.07, 6.45) is 4.01. The van der Waals surface area contributed by atoms with E-state index in [2.05, 4.69) is 30.3 Å². The van der Waals surface area contributed by atoms with Gasteiger partial charge in [-0.05, 0) is 95.6 Å². The molecule has 1 fully saturated rings. The summed E-state index contributed by atoms with van der Waals surface area (Å²) in [5.41, 5.74) is 1.69. The second-order valence-electron chi connectivity index (χ2n) is 9.95. The number of likely N-dealkylation sites (N-methyl/N-ethyl adjacent to an activating group) is 1. The maximum absolute atomic E-state index is 12.5. The van der Waals surface area contributed by atoms with Gasteiger partial charge in [-0.15, -0.1) is 0 Å². The molecule has 1 aliphatic rings. The molecule has 0 aliphatic carbocycles. The van der Waals surface area contributed by atoms with Crippen LogP contribution < -0.4 is 10.1 Å². The molecule has 0 bridgehead atoms. The molecule has 1 heterocycles. The number of hydrogen-bond donors (Lipinski definition) is 1. The third-order valence-corrected chi connectivity index (χ3v) is 6.12. The summed E-state index contributed by atoms with van der Waals surface area (Å²) in [6.45, 7) is 13.8. The zero-order valence-electron chi connectivity index (χ0n) is 22.4. The quantitative estimate of drug-likeness (QED) is 0.463. The molecule has 1 aliphatic heterocycles. The average Bonchev–Trinajstić information content (AvgIpc) is 3.02. The predicted octanol–water partition coefficient (Wildman–Crippen LogP) is 7.04. The van der Waals surface area contributed by atoms with E-state index in [1.807, 2.05) is 46.8 Å². The maximum atomic E-state index is 12.5. The Morgan fingerprint density at radius 3 is 2.37 bits per heavy atom. The van der Waals surface area contributed by atoms with Crippen molar-refractivity contribution in [1.29, 1.82) is 0 Å². The van der Waals surface area contributed by atoms with E-state index in [9.17, 15) is 9.59 Å². The van der Waals surface area contributed by atoms with Crippen LogP contribution in [0.25, 0.3) is 0 Å². The molecule has 1 saturated heterocycles. The molecule has 1 amide bonds. The number of hydrogen-bond acceptors (Lipinski definition) is 5. The fraction of sp³-hybridized carbons (Fsp3) is 0.517. The van der Waals surface area contributed by atoms with Crippen molar-refractivity contribution < 1.29 is 19.1 Å². The third-order valence-electron chi connectivity index (χ3n) is 6.12. The van der Waals surface area contributed by atoms with Crippen molar-refractivity contribution in [2.75, 3.05) is 25.5 Å². The van der Waals surface area contributed by atoms with Gasteiger partial charge < -0.3 is 14.4 Å². The van der Waals surface area contributed by atoms with E-state index in [-0.39, 0.29) is 5.41 Å². The molecule has 0 aromatic heterocycles. The number of ether oxygens (including phenoxy) is 2. The van der Waals surface area contributed by atoms with Gasteiger partial charge in [0.1, 0.15) is 11.4 Å². The standard InChI is InChI=1S/C27H36N2O4.C2H6/c1-6-27(16-7-8-17-29(5)19-27)21-10-9-11-23(18-21)32-25(31)28-22-14-12-20(13-15-22)24(30)33-26(2,3)4;1-2/h9-15,18H,6-8,16-17,19H2,1-5H3,(H,28,31);1-2H3. The Morgan fingerprint density at radius 1 is 1.06 bits per heavy atom. The topological polar surface area (TPSA) is 67.9 Å². The molecule has 0 saturated carbocycles. The van der Waals surface area contributed by atoms with Crippen molar-refractivity contribution in [3.8, 4) is 5.75 Å². The summed E-state index contributed by atoms with van der Waals surface area (Å²) in [5, 5.41) is 2.72. The SMILES string of the molecule is CC.CCC1(c2cccc(OC(=O)Nc3ccc(C(=O)OC(C)(C)C)cc3)c2)CCCCN(C)C1. The van der Waals surface area contributed by atoms with Gasteiger partial charge in [0.2, 0.25) is 0 Å². The van der Waals surface area contributed by atoms with Crippen LogP contribution in [0.1, 0.15) is 83.1 Å². The Kier molecular flexibility index (Phi) is 10.3. The molecule has 0 radical (unpaired) electrons. The summed E-state index contributed by atoms with van der Waals surface area (Å²) in [5.74, 6) is 0.123. The third kappa shape index (κ3) is 8.39. The van der Waals surface area contributed by atoms with Crippen molar-refractivity contribution in [2.24, 2.45) is 0 Å². The highest BCUT2D eigenvalue weighted by Gasteiger charge is 2.33. The lowest BCUT2D eigenvalue weighted by Gasteiger charge is -2.35. The summed E-state index contributed by atoms with van der Waals surface area (Å²) in [7, 11) is 2.18. The monoisotopic (exact) mass is 482 g/mol. The van der Waals surface area contributed by atoms with Crippen LogP contribution in [0.15, 0.2) is 48.5 Å². The minimum atomic E-state index is -0.569. The highest BCUT2D eigenvalue weighted by Crippen LogP contribution is 2.37. The molecular weight excluding hydrogens is 440 g/mol. The summed E-state index contributed by atoms with van der Waals surface area (Å²) < 4.78 is 10.9. The number of anilines is 1. The first-order chi connectivity index (χ1) is 16.6. The van der Waals surface area contributed by atoms with Crippen LogP contribution in [-0.2, 0) is 10.2 Å². The van der Waals surface area contributed by atoms with Crippen LogP contribution in [-0.4, -0.2) is 42.7 Å². The number of benzene rings is 2. The van der Waals surface area contributed by atoms with E-state index in [4.69, 9.17) is 9.47 Å². The number of nitrogens with one attached hydrogen (secondary N) is 1. The van der Waals surface area contributed by atoms with Crippen molar-refractivity contribution in [2.45, 2.75) is 78.2 Å². The lowest BCUT2D eigenvalue weighted by atomic mass is 9.74. The van der Waals surface area contributed by atoms with E-state index in [0.717, 1.165) is 25.9 Å². The van der Waals surface area contributed by atoms with Gasteiger partial charge in [0.25, 0.3) is 0 Å². The fourth-order valence-electron chi connectivity index (χ4n) is 4.41. The molecule has 2 aromatic rings. The Hall–Kier alpha value is -2.86. The van der Waals surface area contributed by atoms with Gasteiger partial charge in [0, 0.05) is 17.6 Å². The number of likely N-dealkylation sites (tertiary alicyclic amines) is 1. The van der Waals surface area contributed by atoms with Crippen molar-refractivity contribution in [3.63, 3.8) is 0 Å². The summed E-state index contributed by atoms with van der Waals surface area (Å²) in [4.78, 5) is 27.1. The van der Waals surface area contributed by atoms with E-state index in [1.54, 1.807) is 30.3 Å². The van der Waals surface area contributed by atoms with Gasteiger partial charge in [0.05, 0.1) is 5.56 Å². The summed E-state index contributed by atoms with van der Waals surface area (Å²) >= 11 is 0. The van der Waals surface area contributed by atoms with E-state index < -0.39 is 17.7 Å². The molecule has 0 spiro atoms. The Morgan fingerprint density at radius 2 is 1.74 bits per heavy atom. The molecule has 2 aromatic carbocycles. The smallest absolute Gasteiger partial charge is 0.417 e. The van der Waals surface area contributed by atoms with Gasteiger partial charge >= 0.3 is 12.1 Å². The molecule has 3 rings (SSSR count). The van der Waals surface area contributed by atoms with E-state index in [0.29, 0.717) is 17.0 Å². The molecule has 1 N–H and O–H groups in total. The van der Waals surface area contributed by atoms with Crippen LogP contribution in [0.3, 0.4) is 0 Å². The van der Waals surface area contributed by atoms with Crippen LogP contribution in [0, 0.1) is 0 Å². The fourth-order valence-corrected chi connectivity index (χ4v) is 4.41. The van der Waals surface area contributed by atoms with E-state index >= 15 is 0 Å². The van der Waals surface area contributed by atoms with Crippen LogP contribution in [0.5, 0.6) is 5.75 Å². The van der Waals surface area contributed by atoms with Crippen LogP contribution in [0.2, 0.25) is 0 Å². The second-order valence-corrected chi connectivity index (χ2v) is 9.95. The van der Waals surface area contributed by atoms with Gasteiger partial charge in [-0.3, -0.25) is 5.32 Å². The van der Waals surface area contributed by atoms with E-state index in [1.165, 1.54) is 18.4 Å². The first-order valence-electron chi connectivity index (χ1n) is 12.7. The highest BCUT2D eigenvalue weighted by molar-refractivity contribution is 5.91. The highest BCUT2D eigenvalue weighted by atomic mass is 16.6. The number of carbonyl (C=O) groups is 2. The number of nitrogens with zero attached hydrogens (tertiary/aromatic N) is 1. The van der Waals surface area contributed by atoms with Gasteiger partial charge in [-0.2, -0.15) is 0 Å². The lowest BCUT2D eigenvalue weighted by Crippen LogP contribution is -2.37. The van der Waals surface area contributed by atoms with Gasteiger partial charge in [-0.1, -0.05) is 39.3 Å². The maximum Gasteiger partial charge on any atom is 0.417 e. The molecular formula is C29H42N2O4. The largest absolute Gasteiger partial charge is 0.456 e. The Labute approximate surface area is 211 Å². The lowest BCUT2D eigenvalue weighted by molar-refractivity contribution is 0.00695. The van der Waals surface area contributed by atoms with Gasteiger partial charge in [0.15, 0.2) is 0 Å². The normalized spacial score (nSPS) is 18.5. The van der Waals surface area contributed by atoms with Crippen LogP contribution in [0.4, 0.5) is 10.5 Å². The molecule has 1 unspecified atom stereocenters. The molecule has 6 heteroatoms. The Balaban J connectivity index is 0.00000210. The molecule has 192 valence electrons. The predicted molar refractivity (Wildman–Crippen MR) is 142 cm³/mol. The van der Waals surface area contributed by atoms with Crippen molar-refractivity contribution in [1.82, 2.24) is 4.90 Å². The average molecular weight is 483 g/mol. The second kappa shape index (κ2) is 12.7. The molecule has 35 heavy (non-hydrogen) atoms. The minimum absolute atomic E-state index is 0.0680. The van der Waals surface area contributed by atoms with Gasteiger partial charge in [-0.25, -0.2) is 9.59 Å².